The number of carbonyl (C=O) groups excluding carboxylic acids is 1. The zero-order valence-electron chi connectivity index (χ0n) is 19.4. The van der Waals surface area contributed by atoms with Crippen molar-refractivity contribution >= 4 is 30.0 Å². The number of oxime groups is 1. The fourth-order valence-corrected chi connectivity index (χ4v) is 4.09. The van der Waals surface area contributed by atoms with Gasteiger partial charge in [0.25, 0.3) is 0 Å². The van der Waals surface area contributed by atoms with Gasteiger partial charge in [-0.15, -0.1) is 0 Å². The van der Waals surface area contributed by atoms with Crippen molar-refractivity contribution in [2.75, 3.05) is 26.1 Å². The second-order valence-corrected chi connectivity index (χ2v) is 8.16. The Bertz CT molecular complexity index is 977. The molecule has 2 aromatic carbocycles. The molecule has 0 saturated heterocycles. The Morgan fingerprint density at radius 3 is 2.61 bits per heavy atom. The van der Waals surface area contributed by atoms with Crippen LogP contribution in [0.1, 0.15) is 45.1 Å². The molecule has 1 N–H and O–H groups in total. The summed E-state index contributed by atoms with van der Waals surface area (Å²) in [5, 5.41) is 6.74. The summed E-state index contributed by atoms with van der Waals surface area (Å²) in [5.41, 5.74) is 1.11. The number of benzene rings is 2. The minimum Gasteiger partial charge on any atom is -0.494 e. The van der Waals surface area contributed by atoms with Gasteiger partial charge in [-0.1, -0.05) is 19.0 Å². The summed E-state index contributed by atoms with van der Waals surface area (Å²) < 4.78 is 27.3. The van der Waals surface area contributed by atoms with E-state index in [1.807, 2.05) is 50.2 Å². The average molecular weight is 475 g/mol. The second kappa shape index (κ2) is 11.7. The van der Waals surface area contributed by atoms with Crippen LogP contribution < -0.4 is 19.5 Å². The van der Waals surface area contributed by atoms with Gasteiger partial charge in [-0.2, -0.15) is 0 Å². The van der Waals surface area contributed by atoms with Crippen LogP contribution >= 0.6 is 12.0 Å². The van der Waals surface area contributed by atoms with Gasteiger partial charge in [-0.3, -0.25) is 5.32 Å². The molecule has 1 heterocycles. The number of hydrogen-bond acceptors (Lipinski definition) is 8. The zero-order valence-corrected chi connectivity index (χ0v) is 20.2. The fraction of sp³-hybridized carbons (Fsp3) is 0.417. The van der Waals surface area contributed by atoms with Crippen molar-refractivity contribution in [3.63, 3.8) is 0 Å². The lowest BCUT2D eigenvalue weighted by Gasteiger charge is -2.37. The fourth-order valence-electron chi connectivity index (χ4n) is 3.62. The molecule has 0 fully saturated rings. The number of carbonyl (C=O) groups is 1. The van der Waals surface area contributed by atoms with Crippen LogP contribution in [0.3, 0.4) is 0 Å². The Hall–Kier alpha value is -3.07. The monoisotopic (exact) mass is 474 g/mol. The van der Waals surface area contributed by atoms with Crippen LogP contribution in [0.2, 0.25) is 0 Å². The number of fused-ring (bicyclic) bond motifs is 1. The van der Waals surface area contributed by atoms with Crippen LogP contribution in [-0.2, 0) is 14.6 Å². The Morgan fingerprint density at radius 2 is 1.88 bits per heavy atom. The summed E-state index contributed by atoms with van der Waals surface area (Å²) in [4.78, 5) is 12.8. The Morgan fingerprint density at radius 1 is 1.09 bits per heavy atom. The minimum atomic E-state index is -0.618. The van der Waals surface area contributed by atoms with Crippen molar-refractivity contribution in [2.45, 2.75) is 50.0 Å². The minimum absolute atomic E-state index is 0.411. The lowest BCUT2D eigenvalue weighted by atomic mass is 9.86. The van der Waals surface area contributed by atoms with E-state index in [-0.39, 0.29) is 0 Å². The van der Waals surface area contributed by atoms with Crippen LogP contribution in [0.25, 0.3) is 0 Å². The molecule has 0 bridgehead atoms. The van der Waals surface area contributed by atoms with Crippen molar-refractivity contribution in [3.05, 3.63) is 42.0 Å². The molecule has 0 spiro atoms. The Kier molecular flexibility index (Phi) is 8.71. The summed E-state index contributed by atoms with van der Waals surface area (Å²) in [6, 6.07) is 11.2. The van der Waals surface area contributed by atoms with E-state index >= 15 is 0 Å². The molecule has 2 aromatic rings. The molecule has 8 nitrogen and oxygen atoms in total. The van der Waals surface area contributed by atoms with E-state index in [9.17, 15) is 4.79 Å². The maximum absolute atomic E-state index is 11.9. The van der Waals surface area contributed by atoms with Crippen molar-refractivity contribution in [3.8, 4) is 17.2 Å². The smallest absolute Gasteiger partial charge is 0.412 e. The number of hydrogen-bond donors (Lipinski definition) is 1. The van der Waals surface area contributed by atoms with Crippen LogP contribution in [-0.4, -0.2) is 33.1 Å². The molecule has 0 atom stereocenters. The second-order valence-electron chi connectivity index (χ2n) is 7.38. The van der Waals surface area contributed by atoms with Crippen LogP contribution in [0.5, 0.6) is 17.2 Å². The highest BCUT2D eigenvalue weighted by Crippen LogP contribution is 2.42. The number of cyclic esters (lactones) is 1. The molecule has 0 aromatic heterocycles. The van der Waals surface area contributed by atoms with Crippen molar-refractivity contribution in [1.29, 1.82) is 0 Å². The number of anilines is 1. The molecule has 0 unspecified atom stereocenters. The Labute approximate surface area is 198 Å². The average Bonchev–Trinajstić information content (AvgIpc) is 2.84. The van der Waals surface area contributed by atoms with E-state index < -0.39 is 11.7 Å². The third kappa shape index (κ3) is 6.04. The quantitative estimate of drug-likeness (QED) is 0.171. The van der Waals surface area contributed by atoms with Gasteiger partial charge in [0.15, 0.2) is 11.5 Å². The largest absolute Gasteiger partial charge is 0.494 e. The molecule has 178 valence electrons. The summed E-state index contributed by atoms with van der Waals surface area (Å²) in [7, 11) is 3.19. The van der Waals surface area contributed by atoms with Crippen LogP contribution in [0.15, 0.2) is 46.4 Å². The molecular weight excluding hydrogens is 444 g/mol. The SMILES string of the molecule is CCC1(CC)OC(=O)Nc2ccc(OCCCC=NOSc3ccc(OC)c(OC)c3)cc21. The van der Waals surface area contributed by atoms with Gasteiger partial charge in [0.05, 0.1) is 31.4 Å². The van der Waals surface area contributed by atoms with Gasteiger partial charge in [0.1, 0.15) is 23.4 Å². The van der Waals surface area contributed by atoms with E-state index in [0.717, 1.165) is 40.4 Å². The van der Waals surface area contributed by atoms with E-state index in [1.54, 1.807) is 20.4 Å². The Balaban J connectivity index is 1.43. The molecule has 1 aliphatic heterocycles. The lowest BCUT2D eigenvalue weighted by Crippen LogP contribution is -2.38. The van der Waals surface area contributed by atoms with E-state index in [0.29, 0.717) is 37.4 Å². The number of ether oxygens (including phenoxy) is 4. The molecule has 0 aliphatic carbocycles. The topological polar surface area (TPSA) is 87.6 Å². The highest BCUT2D eigenvalue weighted by Gasteiger charge is 2.39. The standard InChI is InChI=1S/C24H30N2O6S/c1-5-24(6-2)19-15-17(9-11-20(19)26-23(27)31-24)30-14-8-7-13-25-32-33-18-10-12-21(28-3)22(16-18)29-4/h9-13,15-16H,5-8,14H2,1-4H3,(H,26,27). The first-order valence-electron chi connectivity index (χ1n) is 10.9. The number of nitrogens with zero attached hydrogens (tertiary/aromatic N) is 1. The van der Waals surface area contributed by atoms with Gasteiger partial charge >= 0.3 is 6.09 Å². The van der Waals surface area contributed by atoms with E-state index in [1.165, 1.54) is 0 Å². The molecule has 9 heteroatoms. The first-order chi connectivity index (χ1) is 16.0. The molecule has 1 amide bonds. The van der Waals surface area contributed by atoms with Crippen LogP contribution in [0.4, 0.5) is 10.5 Å². The predicted octanol–water partition coefficient (Wildman–Crippen LogP) is 6.15. The van der Waals surface area contributed by atoms with Gasteiger partial charge in [0.2, 0.25) is 0 Å². The normalized spacial score (nSPS) is 14.2. The van der Waals surface area contributed by atoms with Gasteiger partial charge < -0.3 is 23.2 Å². The van der Waals surface area contributed by atoms with Crippen molar-refractivity contribution < 1.29 is 28.0 Å². The first kappa shape index (κ1) is 24.6. The number of nitrogens with one attached hydrogen (secondary N) is 1. The van der Waals surface area contributed by atoms with Crippen molar-refractivity contribution in [2.24, 2.45) is 5.16 Å². The molecule has 1 aliphatic rings. The maximum atomic E-state index is 11.9. The molecular formula is C24H30N2O6S. The van der Waals surface area contributed by atoms with Gasteiger partial charge in [-0.25, -0.2) is 4.79 Å². The number of rotatable bonds is 12. The predicted molar refractivity (Wildman–Crippen MR) is 129 cm³/mol. The summed E-state index contributed by atoms with van der Waals surface area (Å²) in [6.07, 6.45) is 4.20. The van der Waals surface area contributed by atoms with Crippen molar-refractivity contribution in [1.82, 2.24) is 0 Å². The number of unbranched alkanes of at least 4 members (excludes halogenated alkanes) is 1. The molecule has 0 radical (unpaired) electrons. The summed E-state index contributed by atoms with van der Waals surface area (Å²) >= 11 is 1.14. The summed E-state index contributed by atoms with van der Waals surface area (Å²) in [6.45, 7) is 4.57. The highest BCUT2D eigenvalue weighted by atomic mass is 32.2. The van der Waals surface area contributed by atoms with E-state index in [2.05, 4.69) is 10.5 Å². The van der Waals surface area contributed by atoms with Gasteiger partial charge in [-0.05, 0) is 56.0 Å². The first-order valence-corrected chi connectivity index (χ1v) is 11.6. The third-order valence-corrected chi connectivity index (χ3v) is 6.11. The zero-order chi connectivity index (χ0) is 23.7. The third-order valence-electron chi connectivity index (χ3n) is 5.50. The van der Waals surface area contributed by atoms with E-state index in [4.69, 9.17) is 23.2 Å². The molecule has 33 heavy (non-hydrogen) atoms. The number of amides is 1. The molecule has 3 rings (SSSR count). The lowest BCUT2D eigenvalue weighted by molar-refractivity contribution is 0.00453. The highest BCUT2D eigenvalue weighted by molar-refractivity contribution is 7.94. The molecule has 0 saturated carbocycles. The summed E-state index contributed by atoms with van der Waals surface area (Å²) in [5.74, 6) is 2.05. The van der Waals surface area contributed by atoms with Gasteiger partial charge in [0, 0.05) is 17.8 Å². The van der Waals surface area contributed by atoms with Crippen LogP contribution in [0, 0.1) is 0 Å². The number of methoxy groups -OCH3 is 2. The maximum Gasteiger partial charge on any atom is 0.412 e.